The highest BCUT2D eigenvalue weighted by Gasteiger charge is 2.16. The maximum atomic E-state index is 9.34. The summed E-state index contributed by atoms with van der Waals surface area (Å²) in [6.07, 6.45) is 0.829. The number of para-hydroxylation sites is 1. The fraction of sp³-hybridized carbons (Fsp3) is 0.167. The quantitative estimate of drug-likeness (QED) is 0.732. The van der Waals surface area contributed by atoms with Crippen LogP contribution in [0.5, 0.6) is 0 Å². The van der Waals surface area contributed by atoms with Crippen molar-refractivity contribution < 1.29 is 14.0 Å². The zero-order valence-corrected chi connectivity index (χ0v) is 9.12. The topological polar surface area (TPSA) is 72.3 Å². The summed E-state index contributed by atoms with van der Waals surface area (Å²) < 4.78 is 10.5. The Morgan fingerprint density at radius 3 is 2.88 bits per heavy atom. The normalized spacial score (nSPS) is 13.1. The van der Waals surface area contributed by atoms with Gasteiger partial charge in [-0.1, -0.05) is 23.4 Å². The van der Waals surface area contributed by atoms with E-state index in [9.17, 15) is 5.11 Å². The lowest BCUT2D eigenvalue weighted by molar-refractivity contribution is 0.184. The zero-order chi connectivity index (χ0) is 11.8. The molecule has 0 spiro atoms. The van der Waals surface area contributed by atoms with Gasteiger partial charge < -0.3 is 14.0 Å². The number of aliphatic hydroxyl groups is 1. The summed E-state index contributed by atoms with van der Waals surface area (Å²) in [5.74, 6) is 0.621. The Hall–Kier alpha value is -2.14. The lowest BCUT2D eigenvalue weighted by atomic mass is 10.2. The summed E-state index contributed by atoms with van der Waals surface area (Å²) in [5.41, 5.74) is 1.50. The van der Waals surface area contributed by atoms with E-state index in [2.05, 4.69) is 10.1 Å². The first-order valence-corrected chi connectivity index (χ1v) is 5.24. The largest absolute Gasteiger partial charge is 0.463 e. The molecule has 3 rings (SSSR count). The summed E-state index contributed by atoms with van der Waals surface area (Å²) in [5, 5.41) is 14.0. The van der Waals surface area contributed by atoms with Gasteiger partial charge in [-0.3, -0.25) is 0 Å². The van der Waals surface area contributed by atoms with Crippen molar-refractivity contribution in [1.29, 1.82) is 0 Å². The predicted molar refractivity (Wildman–Crippen MR) is 60.1 cm³/mol. The van der Waals surface area contributed by atoms with E-state index in [1.54, 1.807) is 13.2 Å². The first-order chi connectivity index (χ1) is 8.25. The van der Waals surface area contributed by atoms with E-state index in [-0.39, 0.29) is 5.82 Å². The molecular weight excluding hydrogens is 220 g/mol. The van der Waals surface area contributed by atoms with Crippen LogP contribution in [0.3, 0.4) is 0 Å². The van der Waals surface area contributed by atoms with E-state index < -0.39 is 6.10 Å². The van der Waals surface area contributed by atoms with Crippen LogP contribution in [0.15, 0.2) is 39.5 Å². The van der Waals surface area contributed by atoms with Crippen molar-refractivity contribution in [2.24, 2.45) is 0 Å². The molecule has 2 aromatic heterocycles. The van der Waals surface area contributed by atoms with Gasteiger partial charge in [-0.15, -0.1) is 0 Å². The molecule has 1 aromatic carbocycles. The number of aromatic nitrogens is 2. The van der Waals surface area contributed by atoms with Crippen LogP contribution in [0.1, 0.15) is 18.9 Å². The van der Waals surface area contributed by atoms with Crippen molar-refractivity contribution in [3.8, 4) is 11.5 Å². The van der Waals surface area contributed by atoms with Crippen molar-refractivity contribution in [3.05, 3.63) is 36.4 Å². The van der Waals surface area contributed by atoms with Gasteiger partial charge in [-0.2, -0.15) is 4.98 Å². The average Bonchev–Trinajstić information content (AvgIpc) is 2.95. The van der Waals surface area contributed by atoms with Gasteiger partial charge in [0.15, 0.2) is 5.82 Å². The fourth-order valence-corrected chi connectivity index (χ4v) is 1.66. The monoisotopic (exact) mass is 230 g/mol. The van der Waals surface area contributed by atoms with Crippen LogP contribution in [-0.4, -0.2) is 15.2 Å². The van der Waals surface area contributed by atoms with Crippen molar-refractivity contribution in [2.45, 2.75) is 13.0 Å². The van der Waals surface area contributed by atoms with Crippen LogP contribution >= 0.6 is 0 Å². The molecule has 1 unspecified atom stereocenters. The molecule has 0 aliphatic carbocycles. The van der Waals surface area contributed by atoms with Crippen LogP contribution in [-0.2, 0) is 0 Å². The molecule has 0 fully saturated rings. The minimum Gasteiger partial charge on any atom is -0.463 e. The van der Waals surface area contributed by atoms with E-state index >= 15 is 0 Å². The van der Waals surface area contributed by atoms with Gasteiger partial charge in [0.05, 0.1) is 5.56 Å². The molecule has 0 aliphatic rings. The summed E-state index contributed by atoms with van der Waals surface area (Å²) in [4.78, 5) is 4.11. The minimum absolute atomic E-state index is 0.269. The molecule has 1 atom stereocenters. The molecule has 1 N–H and O–H groups in total. The molecule has 2 heterocycles. The Kier molecular flexibility index (Phi) is 2.19. The Labute approximate surface area is 96.7 Å². The molecular formula is C12H10N2O3. The highest BCUT2D eigenvalue weighted by molar-refractivity contribution is 5.91. The average molecular weight is 230 g/mol. The van der Waals surface area contributed by atoms with Crippen LogP contribution in [0, 0.1) is 0 Å². The van der Waals surface area contributed by atoms with Gasteiger partial charge in [0.2, 0.25) is 0 Å². The lowest BCUT2D eigenvalue weighted by Gasteiger charge is -1.92. The smallest absolute Gasteiger partial charge is 0.261 e. The minimum atomic E-state index is -0.745. The number of fused-ring (bicyclic) bond motifs is 1. The summed E-state index contributed by atoms with van der Waals surface area (Å²) in [6.45, 7) is 1.59. The van der Waals surface area contributed by atoms with Crippen LogP contribution in [0.25, 0.3) is 22.4 Å². The van der Waals surface area contributed by atoms with Gasteiger partial charge >= 0.3 is 0 Å². The number of nitrogens with zero attached hydrogens (tertiary/aromatic N) is 2. The number of aliphatic hydroxyl groups excluding tert-OH is 1. The maximum absolute atomic E-state index is 9.34. The van der Waals surface area contributed by atoms with E-state index in [0.29, 0.717) is 5.89 Å². The number of hydrogen-bond donors (Lipinski definition) is 1. The van der Waals surface area contributed by atoms with Gasteiger partial charge in [-0.25, -0.2) is 0 Å². The molecule has 0 saturated carbocycles. The van der Waals surface area contributed by atoms with E-state index in [4.69, 9.17) is 8.94 Å². The summed E-state index contributed by atoms with van der Waals surface area (Å²) >= 11 is 0. The highest BCUT2D eigenvalue weighted by Crippen LogP contribution is 2.29. The fourth-order valence-electron chi connectivity index (χ4n) is 1.66. The number of furan rings is 1. The molecule has 0 amide bonds. The number of benzene rings is 1. The van der Waals surface area contributed by atoms with Crippen molar-refractivity contribution >= 4 is 11.0 Å². The molecule has 86 valence electrons. The Bertz CT molecular complexity index is 654. The maximum Gasteiger partial charge on any atom is 0.261 e. The Morgan fingerprint density at radius 1 is 1.29 bits per heavy atom. The highest BCUT2D eigenvalue weighted by atomic mass is 16.5. The van der Waals surface area contributed by atoms with Gasteiger partial charge in [0.1, 0.15) is 18.0 Å². The first kappa shape index (κ1) is 10.0. The first-order valence-electron chi connectivity index (χ1n) is 5.24. The van der Waals surface area contributed by atoms with E-state index in [1.165, 1.54) is 0 Å². The SMILES string of the molecule is CC(O)c1noc(-c2coc3ccccc23)n1. The lowest BCUT2D eigenvalue weighted by Crippen LogP contribution is -1.92. The number of hydrogen-bond acceptors (Lipinski definition) is 5. The van der Waals surface area contributed by atoms with E-state index in [1.807, 2.05) is 24.3 Å². The van der Waals surface area contributed by atoms with Crippen LogP contribution in [0.2, 0.25) is 0 Å². The zero-order valence-electron chi connectivity index (χ0n) is 9.12. The molecule has 0 saturated heterocycles. The molecule has 17 heavy (non-hydrogen) atoms. The second kappa shape index (κ2) is 3.71. The Morgan fingerprint density at radius 2 is 2.12 bits per heavy atom. The second-order valence-electron chi connectivity index (χ2n) is 3.78. The third kappa shape index (κ3) is 1.60. The summed E-state index contributed by atoms with van der Waals surface area (Å²) in [6, 6.07) is 7.59. The second-order valence-corrected chi connectivity index (χ2v) is 3.78. The van der Waals surface area contributed by atoms with Crippen molar-refractivity contribution in [1.82, 2.24) is 10.1 Å². The Balaban J connectivity index is 2.14. The van der Waals surface area contributed by atoms with Gasteiger partial charge in [0, 0.05) is 5.39 Å². The molecule has 0 bridgehead atoms. The van der Waals surface area contributed by atoms with Crippen molar-refractivity contribution in [3.63, 3.8) is 0 Å². The molecule has 5 nitrogen and oxygen atoms in total. The standard InChI is InChI=1S/C12H10N2O3/c1-7(15)11-13-12(17-14-11)9-6-16-10-5-3-2-4-8(9)10/h2-7,15H,1H3. The van der Waals surface area contributed by atoms with Crippen LogP contribution in [0.4, 0.5) is 0 Å². The van der Waals surface area contributed by atoms with Gasteiger partial charge in [0.25, 0.3) is 5.89 Å². The molecule has 0 radical (unpaired) electrons. The van der Waals surface area contributed by atoms with Gasteiger partial charge in [-0.05, 0) is 13.0 Å². The third-order valence-corrected chi connectivity index (χ3v) is 2.53. The molecule has 3 aromatic rings. The predicted octanol–water partition coefficient (Wildman–Crippen LogP) is 2.54. The molecule has 5 heteroatoms. The molecule has 0 aliphatic heterocycles. The van der Waals surface area contributed by atoms with Crippen molar-refractivity contribution in [2.75, 3.05) is 0 Å². The number of rotatable bonds is 2. The van der Waals surface area contributed by atoms with E-state index in [0.717, 1.165) is 16.5 Å². The third-order valence-electron chi connectivity index (χ3n) is 2.53. The van der Waals surface area contributed by atoms with Crippen LogP contribution < -0.4 is 0 Å². The summed E-state index contributed by atoms with van der Waals surface area (Å²) in [7, 11) is 0.